The van der Waals surface area contributed by atoms with Crippen LogP contribution in [-0.2, 0) is 0 Å². The van der Waals surface area contributed by atoms with Crippen molar-refractivity contribution in [1.29, 1.82) is 0 Å². The van der Waals surface area contributed by atoms with Crippen molar-refractivity contribution < 1.29 is 9.18 Å². The maximum absolute atomic E-state index is 13.6. The van der Waals surface area contributed by atoms with Crippen LogP contribution in [-0.4, -0.2) is 16.1 Å². The molecule has 0 aliphatic heterocycles. The van der Waals surface area contributed by atoms with Gasteiger partial charge in [0, 0.05) is 11.3 Å². The summed E-state index contributed by atoms with van der Waals surface area (Å²) in [6, 6.07) is 12.4. The first-order valence-corrected chi connectivity index (χ1v) is 7.64. The van der Waals surface area contributed by atoms with Gasteiger partial charge in [-0.25, -0.2) is 4.39 Å². The Morgan fingerprint density at radius 3 is 2.54 bits per heavy atom. The van der Waals surface area contributed by atoms with E-state index in [0.717, 1.165) is 16.7 Å². The summed E-state index contributed by atoms with van der Waals surface area (Å²) < 4.78 is 13.6. The molecule has 0 saturated heterocycles. The molecule has 24 heavy (non-hydrogen) atoms. The maximum Gasteiger partial charge on any atom is 0.273 e. The quantitative estimate of drug-likeness (QED) is 0.751. The number of hydrogen-bond donors (Lipinski definition) is 2. The first kappa shape index (κ1) is 15.9. The van der Waals surface area contributed by atoms with Crippen molar-refractivity contribution in [2.45, 2.75) is 20.8 Å². The second-order valence-corrected chi connectivity index (χ2v) is 5.90. The SMILES string of the molecule is Cc1ccc(C)c(-c2cc(C(=O)Nc3ccc(C)c(F)c3)[nH]n2)c1. The highest BCUT2D eigenvalue weighted by atomic mass is 19.1. The summed E-state index contributed by atoms with van der Waals surface area (Å²) in [6.07, 6.45) is 0. The van der Waals surface area contributed by atoms with E-state index in [-0.39, 0.29) is 11.7 Å². The standard InChI is InChI=1S/C19H18FN3O/c1-11-4-5-12(2)15(8-11)17-10-18(23-22-17)19(24)21-14-7-6-13(3)16(20)9-14/h4-10H,1-3H3,(H,21,24)(H,22,23). The summed E-state index contributed by atoms with van der Waals surface area (Å²) in [5.41, 5.74) is 5.16. The molecule has 0 radical (unpaired) electrons. The zero-order valence-corrected chi connectivity index (χ0v) is 13.8. The smallest absolute Gasteiger partial charge is 0.273 e. The number of carbonyl (C=O) groups is 1. The summed E-state index contributed by atoms with van der Waals surface area (Å²) >= 11 is 0. The summed E-state index contributed by atoms with van der Waals surface area (Å²) in [5.74, 6) is -0.712. The zero-order chi connectivity index (χ0) is 17.3. The lowest BCUT2D eigenvalue weighted by Crippen LogP contribution is -2.12. The molecule has 0 bridgehead atoms. The molecule has 1 amide bonds. The van der Waals surface area contributed by atoms with Gasteiger partial charge in [0.25, 0.3) is 5.91 Å². The zero-order valence-electron chi connectivity index (χ0n) is 13.8. The van der Waals surface area contributed by atoms with Gasteiger partial charge >= 0.3 is 0 Å². The molecule has 0 aliphatic rings. The summed E-state index contributed by atoms with van der Waals surface area (Å²) in [7, 11) is 0. The van der Waals surface area contributed by atoms with Gasteiger partial charge < -0.3 is 5.32 Å². The van der Waals surface area contributed by atoms with Crippen LogP contribution in [0.15, 0.2) is 42.5 Å². The van der Waals surface area contributed by atoms with Crippen LogP contribution < -0.4 is 5.32 Å². The van der Waals surface area contributed by atoms with Crippen LogP contribution in [0.2, 0.25) is 0 Å². The van der Waals surface area contributed by atoms with E-state index in [2.05, 4.69) is 15.5 Å². The molecule has 5 heteroatoms. The van der Waals surface area contributed by atoms with Gasteiger partial charge in [0.2, 0.25) is 0 Å². The Bertz CT molecular complexity index is 915. The maximum atomic E-state index is 13.6. The number of H-pyrrole nitrogens is 1. The van der Waals surface area contributed by atoms with Crippen molar-refractivity contribution in [2.24, 2.45) is 0 Å². The molecule has 3 rings (SSSR count). The van der Waals surface area contributed by atoms with Crippen LogP contribution in [0, 0.1) is 26.6 Å². The van der Waals surface area contributed by atoms with Gasteiger partial charge in [-0.05, 0) is 56.2 Å². The van der Waals surface area contributed by atoms with Crippen molar-refractivity contribution in [2.75, 3.05) is 5.32 Å². The molecule has 2 N–H and O–H groups in total. The van der Waals surface area contributed by atoms with Gasteiger partial charge in [-0.3, -0.25) is 9.89 Å². The number of rotatable bonds is 3. The molecule has 0 saturated carbocycles. The highest BCUT2D eigenvalue weighted by Crippen LogP contribution is 2.23. The van der Waals surface area contributed by atoms with E-state index in [1.165, 1.54) is 6.07 Å². The van der Waals surface area contributed by atoms with Crippen LogP contribution in [0.3, 0.4) is 0 Å². The summed E-state index contributed by atoms with van der Waals surface area (Å²) in [6.45, 7) is 5.68. The molecule has 0 spiro atoms. The number of benzene rings is 2. The van der Waals surface area contributed by atoms with Crippen molar-refractivity contribution in [3.8, 4) is 11.3 Å². The van der Waals surface area contributed by atoms with Gasteiger partial charge in [0.05, 0.1) is 5.69 Å². The van der Waals surface area contributed by atoms with Crippen molar-refractivity contribution in [1.82, 2.24) is 10.2 Å². The Morgan fingerprint density at radius 2 is 1.79 bits per heavy atom. The second kappa shape index (κ2) is 6.28. The molecule has 0 aliphatic carbocycles. The van der Waals surface area contributed by atoms with E-state index in [1.807, 2.05) is 32.0 Å². The number of anilines is 1. The fourth-order valence-corrected chi connectivity index (χ4v) is 2.46. The third-order valence-electron chi connectivity index (χ3n) is 3.92. The molecular formula is C19H18FN3O. The topological polar surface area (TPSA) is 57.8 Å². The third kappa shape index (κ3) is 3.20. The number of carbonyl (C=O) groups excluding carboxylic acids is 1. The average Bonchev–Trinajstić information content (AvgIpc) is 3.03. The number of halogens is 1. The average molecular weight is 323 g/mol. The number of nitrogens with zero attached hydrogens (tertiary/aromatic N) is 1. The van der Waals surface area contributed by atoms with Gasteiger partial charge in [0.1, 0.15) is 11.5 Å². The molecular weight excluding hydrogens is 305 g/mol. The van der Waals surface area contributed by atoms with Gasteiger partial charge in [0.15, 0.2) is 0 Å². The van der Waals surface area contributed by atoms with Crippen molar-refractivity contribution in [3.05, 3.63) is 70.7 Å². The molecule has 2 aromatic carbocycles. The Kier molecular flexibility index (Phi) is 4.16. The van der Waals surface area contributed by atoms with E-state index >= 15 is 0 Å². The largest absolute Gasteiger partial charge is 0.321 e. The van der Waals surface area contributed by atoms with Crippen LogP contribution in [0.4, 0.5) is 10.1 Å². The number of amides is 1. The second-order valence-electron chi connectivity index (χ2n) is 5.90. The molecule has 0 fully saturated rings. The molecule has 3 aromatic rings. The monoisotopic (exact) mass is 323 g/mol. The van der Waals surface area contributed by atoms with E-state index in [4.69, 9.17) is 0 Å². The number of nitrogens with one attached hydrogen (secondary N) is 2. The van der Waals surface area contributed by atoms with E-state index in [0.29, 0.717) is 22.6 Å². The van der Waals surface area contributed by atoms with E-state index in [1.54, 1.807) is 25.1 Å². The molecule has 4 nitrogen and oxygen atoms in total. The normalized spacial score (nSPS) is 10.7. The third-order valence-corrected chi connectivity index (χ3v) is 3.92. The van der Waals surface area contributed by atoms with Crippen LogP contribution in [0.25, 0.3) is 11.3 Å². The van der Waals surface area contributed by atoms with Gasteiger partial charge in [-0.1, -0.05) is 23.8 Å². The lowest BCUT2D eigenvalue weighted by atomic mass is 10.0. The van der Waals surface area contributed by atoms with Gasteiger partial charge in [-0.2, -0.15) is 5.10 Å². The highest BCUT2D eigenvalue weighted by Gasteiger charge is 2.13. The van der Waals surface area contributed by atoms with Gasteiger partial charge in [-0.15, -0.1) is 0 Å². The highest BCUT2D eigenvalue weighted by molar-refractivity contribution is 6.03. The first-order chi connectivity index (χ1) is 11.4. The van der Waals surface area contributed by atoms with E-state index < -0.39 is 0 Å². The Morgan fingerprint density at radius 1 is 1.04 bits per heavy atom. The minimum Gasteiger partial charge on any atom is -0.321 e. The Hall–Kier alpha value is -2.95. The first-order valence-electron chi connectivity index (χ1n) is 7.64. The molecule has 1 aromatic heterocycles. The predicted octanol–water partition coefficient (Wildman–Crippen LogP) is 4.39. The van der Waals surface area contributed by atoms with Crippen molar-refractivity contribution >= 4 is 11.6 Å². The Balaban J connectivity index is 1.83. The minimum absolute atomic E-state index is 0.326. The fourth-order valence-electron chi connectivity index (χ4n) is 2.46. The minimum atomic E-state index is -0.359. The molecule has 0 atom stereocenters. The Labute approximate surface area is 139 Å². The van der Waals surface area contributed by atoms with E-state index in [9.17, 15) is 9.18 Å². The number of hydrogen-bond acceptors (Lipinski definition) is 2. The number of aromatic nitrogens is 2. The van der Waals surface area contributed by atoms with Crippen molar-refractivity contribution in [3.63, 3.8) is 0 Å². The lowest BCUT2D eigenvalue weighted by molar-refractivity contribution is 0.102. The number of aryl methyl sites for hydroxylation is 3. The van der Waals surface area contributed by atoms with Crippen LogP contribution in [0.1, 0.15) is 27.2 Å². The van der Waals surface area contributed by atoms with Crippen LogP contribution >= 0.6 is 0 Å². The molecule has 122 valence electrons. The fraction of sp³-hybridized carbons (Fsp3) is 0.158. The van der Waals surface area contributed by atoms with Crippen LogP contribution in [0.5, 0.6) is 0 Å². The lowest BCUT2D eigenvalue weighted by Gasteiger charge is -2.05. The molecule has 1 heterocycles. The summed E-state index contributed by atoms with van der Waals surface area (Å²) in [4.78, 5) is 12.3. The predicted molar refractivity (Wildman–Crippen MR) is 92.6 cm³/mol. The molecule has 0 unspecified atom stereocenters. The number of aromatic amines is 1. The summed E-state index contributed by atoms with van der Waals surface area (Å²) in [5, 5.41) is 9.63.